The fourth-order valence-electron chi connectivity index (χ4n) is 3.29. The van der Waals surface area contributed by atoms with Crippen LogP contribution in [0.25, 0.3) is 21.8 Å². The summed E-state index contributed by atoms with van der Waals surface area (Å²) < 4.78 is 13.3. The summed E-state index contributed by atoms with van der Waals surface area (Å²) in [6, 6.07) is 10.6. The predicted molar refractivity (Wildman–Crippen MR) is 115 cm³/mol. The first-order valence-corrected chi connectivity index (χ1v) is 9.54. The molecule has 8 N–H and O–H groups in total. The third-order valence-electron chi connectivity index (χ3n) is 4.94. The second-order valence-electron chi connectivity index (χ2n) is 7.13. The molecule has 0 aliphatic carbocycles. The molecule has 8 nitrogen and oxygen atoms in total. The second-order valence-corrected chi connectivity index (χ2v) is 7.13. The zero-order valence-corrected chi connectivity index (χ0v) is 16.5. The van der Waals surface area contributed by atoms with Crippen LogP contribution in [0.3, 0.4) is 0 Å². The van der Waals surface area contributed by atoms with Crippen molar-refractivity contribution in [3.8, 4) is 0 Å². The monoisotopic (exact) mass is 426 g/mol. The number of carbonyl (C=O) groups is 2. The molecule has 0 aliphatic rings. The molecule has 31 heavy (non-hydrogen) atoms. The van der Waals surface area contributed by atoms with Gasteiger partial charge in [-0.15, -0.1) is 0 Å². The number of aliphatic carboxylic acids is 2. The molecule has 0 amide bonds. The first-order chi connectivity index (χ1) is 14.8. The molecule has 2 aromatic heterocycles. The molecular weight excluding hydrogens is 403 g/mol. The van der Waals surface area contributed by atoms with E-state index in [9.17, 15) is 14.0 Å². The van der Waals surface area contributed by atoms with Gasteiger partial charge in [-0.05, 0) is 23.3 Å². The number of benzene rings is 2. The molecule has 0 spiro atoms. The minimum atomic E-state index is -1.06. The Bertz CT molecular complexity index is 1220. The minimum Gasteiger partial charge on any atom is -0.480 e. The molecule has 2 aromatic carbocycles. The maximum atomic E-state index is 13.3. The molecule has 162 valence electrons. The molecule has 0 radical (unpaired) electrons. The number of halogens is 1. The fraction of sp³-hybridized carbons (Fsp3) is 0.182. The average Bonchev–Trinajstić information content (AvgIpc) is 3.34. The summed E-state index contributed by atoms with van der Waals surface area (Å²) in [6.45, 7) is 0. The van der Waals surface area contributed by atoms with Gasteiger partial charge >= 0.3 is 11.9 Å². The van der Waals surface area contributed by atoms with Crippen LogP contribution in [0.2, 0.25) is 0 Å². The van der Waals surface area contributed by atoms with E-state index in [-0.39, 0.29) is 12.2 Å². The van der Waals surface area contributed by atoms with E-state index in [0.29, 0.717) is 22.9 Å². The Kier molecular flexibility index (Phi) is 6.68. The Balaban J connectivity index is 0.000000176. The number of rotatable bonds is 6. The minimum absolute atomic E-state index is 0.179. The Morgan fingerprint density at radius 3 is 2.03 bits per heavy atom. The highest BCUT2D eigenvalue weighted by Gasteiger charge is 2.16. The van der Waals surface area contributed by atoms with Gasteiger partial charge in [0.05, 0.1) is 5.52 Å². The van der Waals surface area contributed by atoms with Crippen LogP contribution in [0.4, 0.5) is 4.39 Å². The first kappa shape index (κ1) is 22.0. The summed E-state index contributed by atoms with van der Waals surface area (Å²) in [4.78, 5) is 27.1. The second kappa shape index (κ2) is 9.41. The number of carboxylic acid groups (broad SMARTS) is 2. The highest BCUT2D eigenvalue weighted by Crippen LogP contribution is 2.21. The SMILES string of the molecule is N[C@@H](Cc1c[nH]c2c(F)cccc12)C(=O)O.N[C@H](Cc1c[nH]c2ccccc12)C(=O)O. The van der Waals surface area contributed by atoms with Crippen molar-refractivity contribution < 1.29 is 24.2 Å². The summed E-state index contributed by atoms with van der Waals surface area (Å²) in [5.41, 5.74) is 14.0. The number of H-pyrrole nitrogens is 2. The topological polar surface area (TPSA) is 158 Å². The molecule has 0 saturated heterocycles. The molecule has 0 fully saturated rings. The quantitative estimate of drug-likeness (QED) is 0.278. The van der Waals surface area contributed by atoms with E-state index in [0.717, 1.165) is 16.5 Å². The molecule has 0 saturated carbocycles. The van der Waals surface area contributed by atoms with Gasteiger partial charge in [0.2, 0.25) is 0 Å². The van der Waals surface area contributed by atoms with E-state index in [2.05, 4.69) is 9.97 Å². The normalized spacial score (nSPS) is 12.9. The summed E-state index contributed by atoms with van der Waals surface area (Å²) in [5, 5.41) is 19.1. The van der Waals surface area contributed by atoms with Gasteiger partial charge in [-0.25, -0.2) is 4.39 Å². The fourth-order valence-corrected chi connectivity index (χ4v) is 3.29. The lowest BCUT2D eigenvalue weighted by molar-refractivity contribution is -0.139. The van der Waals surface area contributed by atoms with Gasteiger partial charge in [-0.2, -0.15) is 0 Å². The van der Waals surface area contributed by atoms with E-state index in [1.807, 2.05) is 30.5 Å². The highest BCUT2D eigenvalue weighted by atomic mass is 19.1. The van der Waals surface area contributed by atoms with Gasteiger partial charge in [0, 0.05) is 41.5 Å². The van der Waals surface area contributed by atoms with Crippen molar-refractivity contribution >= 4 is 33.7 Å². The van der Waals surface area contributed by atoms with E-state index >= 15 is 0 Å². The van der Waals surface area contributed by atoms with Crippen LogP contribution in [-0.2, 0) is 22.4 Å². The third kappa shape index (κ3) is 5.08. The molecule has 4 aromatic rings. The van der Waals surface area contributed by atoms with Crippen LogP contribution in [0, 0.1) is 5.82 Å². The van der Waals surface area contributed by atoms with Crippen molar-refractivity contribution in [1.82, 2.24) is 9.97 Å². The number of nitrogens with one attached hydrogen (secondary N) is 2. The summed E-state index contributed by atoms with van der Waals surface area (Å²) in [7, 11) is 0. The van der Waals surface area contributed by atoms with Gasteiger partial charge in [0.25, 0.3) is 0 Å². The molecule has 9 heteroatoms. The maximum absolute atomic E-state index is 13.3. The summed E-state index contributed by atoms with van der Waals surface area (Å²) in [6.07, 6.45) is 3.93. The number of hydrogen-bond donors (Lipinski definition) is 6. The summed E-state index contributed by atoms with van der Waals surface area (Å²) in [5.74, 6) is -2.39. The van der Waals surface area contributed by atoms with Crippen LogP contribution in [0.1, 0.15) is 11.1 Å². The number of para-hydroxylation sites is 2. The molecule has 0 unspecified atom stereocenters. The molecule has 4 rings (SSSR count). The van der Waals surface area contributed by atoms with Gasteiger partial charge in [-0.3, -0.25) is 9.59 Å². The number of carboxylic acids is 2. The summed E-state index contributed by atoms with van der Waals surface area (Å²) >= 11 is 0. The number of fused-ring (bicyclic) bond motifs is 2. The third-order valence-corrected chi connectivity index (χ3v) is 4.94. The number of nitrogens with two attached hydrogens (primary N) is 2. The van der Waals surface area contributed by atoms with Crippen molar-refractivity contribution in [3.63, 3.8) is 0 Å². The van der Waals surface area contributed by atoms with E-state index < -0.39 is 24.0 Å². The van der Waals surface area contributed by atoms with E-state index in [1.54, 1.807) is 18.3 Å². The Labute approximate surface area is 176 Å². The van der Waals surface area contributed by atoms with Gasteiger partial charge in [0.1, 0.15) is 17.9 Å². The zero-order chi connectivity index (χ0) is 22.5. The van der Waals surface area contributed by atoms with Crippen molar-refractivity contribution in [3.05, 3.63) is 71.8 Å². The molecule has 2 atom stereocenters. The van der Waals surface area contributed by atoms with Crippen LogP contribution >= 0.6 is 0 Å². The zero-order valence-electron chi connectivity index (χ0n) is 16.5. The smallest absolute Gasteiger partial charge is 0.320 e. The lowest BCUT2D eigenvalue weighted by Gasteiger charge is -2.04. The van der Waals surface area contributed by atoms with Crippen LogP contribution in [-0.4, -0.2) is 44.2 Å². The number of aromatic nitrogens is 2. The van der Waals surface area contributed by atoms with Crippen molar-refractivity contribution in [1.29, 1.82) is 0 Å². The van der Waals surface area contributed by atoms with Crippen molar-refractivity contribution in [2.24, 2.45) is 11.5 Å². The van der Waals surface area contributed by atoms with Crippen LogP contribution in [0.5, 0.6) is 0 Å². The van der Waals surface area contributed by atoms with Gasteiger partial charge < -0.3 is 31.6 Å². The van der Waals surface area contributed by atoms with Crippen LogP contribution in [0.15, 0.2) is 54.9 Å². The van der Waals surface area contributed by atoms with Gasteiger partial charge in [-0.1, -0.05) is 30.3 Å². The highest BCUT2D eigenvalue weighted by molar-refractivity contribution is 5.85. The average molecular weight is 426 g/mol. The van der Waals surface area contributed by atoms with E-state index in [1.165, 1.54) is 6.07 Å². The van der Waals surface area contributed by atoms with Crippen molar-refractivity contribution in [2.45, 2.75) is 24.9 Å². The Morgan fingerprint density at radius 2 is 1.39 bits per heavy atom. The largest absolute Gasteiger partial charge is 0.480 e. The lowest BCUT2D eigenvalue weighted by Crippen LogP contribution is -2.32. The molecule has 2 heterocycles. The molecule has 0 aliphatic heterocycles. The Morgan fingerprint density at radius 1 is 0.839 bits per heavy atom. The van der Waals surface area contributed by atoms with Gasteiger partial charge in [0.15, 0.2) is 0 Å². The number of aromatic amines is 2. The maximum Gasteiger partial charge on any atom is 0.320 e. The predicted octanol–water partition coefficient (Wildman–Crippen LogP) is 2.38. The number of hydrogen-bond acceptors (Lipinski definition) is 4. The molecule has 0 bridgehead atoms. The first-order valence-electron chi connectivity index (χ1n) is 9.54. The van der Waals surface area contributed by atoms with Crippen LogP contribution < -0.4 is 11.5 Å². The van der Waals surface area contributed by atoms with E-state index in [4.69, 9.17) is 21.7 Å². The standard InChI is InChI=1S/C11H11FN2O2.C11H12N2O2/c12-8-3-1-2-7-6(5-14-10(7)8)4-9(13)11(15)16;12-9(11(14)15)5-7-6-13-10-4-2-1-3-8(7)10/h1-3,5,9,14H,4,13H2,(H,15,16);1-4,6,9,13H,5,12H2,(H,14,15)/t2*9-/m01/s1. The molecular formula is C22H23FN4O4. The Hall–Kier alpha value is -3.69. The lowest BCUT2D eigenvalue weighted by atomic mass is 10.1. The van der Waals surface area contributed by atoms with Crippen molar-refractivity contribution in [2.75, 3.05) is 0 Å².